The molecule has 0 aliphatic carbocycles. The van der Waals surface area contributed by atoms with Crippen molar-refractivity contribution in [3.05, 3.63) is 58.5 Å². The Balaban J connectivity index is 2.01. The van der Waals surface area contributed by atoms with Gasteiger partial charge in [0.1, 0.15) is 5.75 Å². The van der Waals surface area contributed by atoms with Gasteiger partial charge in [0, 0.05) is 30.6 Å². The van der Waals surface area contributed by atoms with Crippen molar-refractivity contribution < 1.29 is 22.7 Å². The Hall–Kier alpha value is -2.77. The number of benzene rings is 1. The van der Waals surface area contributed by atoms with E-state index in [4.69, 9.17) is 0 Å². The minimum atomic E-state index is -4.41. The number of rotatable bonds is 4. The predicted molar refractivity (Wildman–Crippen MR) is 77.6 cm³/mol. The monoisotopic (exact) mass is 326 g/mol. The van der Waals surface area contributed by atoms with Crippen LogP contribution in [0.25, 0.3) is 0 Å². The van der Waals surface area contributed by atoms with Crippen molar-refractivity contribution in [1.82, 2.24) is 4.57 Å². The molecule has 1 aromatic carbocycles. The molecule has 1 N–H and O–H groups in total. The van der Waals surface area contributed by atoms with Crippen LogP contribution in [0.1, 0.15) is 10.4 Å². The summed E-state index contributed by atoms with van der Waals surface area (Å²) < 4.78 is 42.0. The van der Waals surface area contributed by atoms with Crippen molar-refractivity contribution in [3.63, 3.8) is 0 Å². The summed E-state index contributed by atoms with van der Waals surface area (Å²) in [7, 11) is 1.56. The number of aryl methyl sites for hydroxylation is 1. The van der Waals surface area contributed by atoms with Crippen LogP contribution >= 0.6 is 0 Å². The number of carbonyl (C=O) groups is 1. The molecule has 2 aromatic rings. The highest BCUT2D eigenvalue weighted by Crippen LogP contribution is 2.20. The number of anilines is 1. The van der Waals surface area contributed by atoms with Crippen molar-refractivity contribution in [2.45, 2.75) is 6.18 Å². The molecule has 2 rings (SSSR count). The summed E-state index contributed by atoms with van der Waals surface area (Å²) in [6.45, 7) is -1.38. The third-order valence-electron chi connectivity index (χ3n) is 2.88. The van der Waals surface area contributed by atoms with E-state index < -0.39 is 18.7 Å². The summed E-state index contributed by atoms with van der Waals surface area (Å²) in [4.78, 5) is 23.4. The van der Waals surface area contributed by atoms with Crippen molar-refractivity contribution in [1.29, 1.82) is 0 Å². The van der Waals surface area contributed by atoms with Gasteiger partial charge in [0.25, 0.3) is 11.5 Å². The van der Waals surface area contributed by atoms with Gasteiger partial charge in [-0.15, -0.1) is 0 Å². The second-order valence-electron chi connectivity index (χ2n) is 4.75. The van der Waals surface area contributed by atoms with Gasteiger partial charge < -0.3 is 14.6 Å². The number of alkyl halides is 3. The molecule has 1 heterocycles. The number of aromatic nitrogens is 1. The summed E-state index contributed by atoms with van der Waals surface area (Å²) in [5.41, 5.74) is 0.231. The van der Waals surface area contributed by atoms with E-state index in [2.05, 4.69) is 10.1 Å². The van der Waals surface area contributed by atoms with E-state index in [1.165, 1.54) is 47.2 Å². The van der Waals surface area contributed by atoms with Crippen LogP contribution in [-0.2, 0) is 7.05 Å². The topological polar surface area (TPSA) is 60.3 Å². The van der Waals surface area contributed by atoms with Crippen LogP contribution in [0, 0.1) is 0 Å². The first-order valence-electron chi connectivity index (χ1n) is 6.52. The Morgan fingerprint density at radius 3 is 2.43 bits per heavy atom. The fourth-order valence-electron chi connectivity index (χ4n) is 1.69. The zero-order valence-electron chi connectivity index (χ0n) is 12.1. The molecule has 23 heavy (non-hydrogen) atoms. The third-order valence-corrected chi connectivity index (χ3v) is 2.88. The lowest BCUT2D eigenvalue weighted by Crippen LogP contribution is -2.20. The highest BCUT2D eigenvalue weighted by atomic mass is 19.4. The number of pyridine rings is 1. The van der Waals surface area contributed by atoms with Crippen molar-refractivity contribution in [2.24, 2.45) is 7.05 Å². The number of hydrogen-bond acceptors (Lipinski definition) is 3. The second-order valence-corrected chi connectivity index (χ2v) is 4.75. The van der Waals surface area contributed by atoms with Crippen LogP contribution in [0.3, 0.4) is 0 Å². The van der Waals surface area contributed by atoms with E-state index in [1.807, 2.05) is 0 Å². The van der Waals surface area contributed by atoms with Gasteiger partial charge in [-0.1, -0.05) is 0 Å². The molecule has 0 saturated carbocycles. The first-order chi connectivity index (χ1) is 10.7. The summed E-state index contributed by atoms with van der Waals surface area (Å²) in [6, 6.07) is 8.11. The van der Waals surface area contributed by atoms with Gasteiger partial charge in [-0.3, -0.25) is 9.59 Å². The molecule has 5 nitrogen and oxygen atoms in total. The predicted octanol–water partition coefficient (Wildman–Crippen LogP) is 2.58. The molecule has 0 bridgehead atoms. The molecule has 8 heteroatoms. The lowest BCUT2D eigenvalue weighted by molar-refractivity contribution is -0.153. The number of amides is 1. The summed E-state index contributed by atoms with van der Waals surface area (Å²) >= 11 is 0. The molecule has 1 amide bonds. The molecule has 0 atom stereocenters. The number of halogens is 3. The number of ether oxygens (including phenoxy) is 1. The third kappa shape index (κ3) is 4.87. The molecule has 0 unspecified atom stereocenters. The van der Waals surface area contributed by atoms with Gasteiger partial charge in [-0.05, 0) is 30.3 Å². The van der Waals surface area contributed by atoms with Crippen LogP contribution in [-0.4, -0.2) is 23.3 Å². The minimum absolute atomic E-state index is 0.0360. The molecule has 0 radical (unpaired) electrons. The maximum Gasteiger partial charge on any atom is 0.422 e. The molecule has 1 aromatic heterocycles. The molecule has 0 aliphatic heterocycles. The molecular formula is C15H13F3N2O3. The van der Waals surface area contributed by atoms with E-state index in [-0.39, 0.29) is 16.9 Å². The van der Waals surface area contributed by atoms with Gasteiger partial charge in [-0.2, -0.15) is 13.2 Å². The fraction of sp³-hybridized carbons (Fsp3) is 0.200. The Labute approximate surface area is 129 Å². The highest BCUT2D eigenvalue weighted by Gasteiger charge is 2.28. The maximum atomic E-state index is 12.0. The van der Waals surface area contributed by atoms with E-state index in [0.29, 0.717) is 5.69 Å². The van der Waals surface area contributed by atoms with Crippen molar-refractivity contribution in [3.8, 4) is 5.75 Å². The average molecular weight is 326 g/mol. The van der Waals surface area contributed by atoms with Crippen LogP contribution < -0.4 is 15.6 Å². The standard InChI is InChI=1S/C15H13F3N2O3/c1-20-7-6-10(8-13(20)21)14(22)19-11-2-4-12(5-3-11)23-9-15(16,17)18/h2-8H,9H2,1H3,(H,19,22). The minimum Gasteiger partial charge on any atom is -0.484 e. The quantitative estimate of drug-likeness (QED) is 0.939. The van der Waals surface area contributed by atoms with Gasteiger partial charge in [-0.25, -0.2) is 0 Å². The zero-order valence-corrected chi connectivity index (χ0v) is 12.1. The number of nitrogens with zero attached hydrogens (tertiary/aromatic N) is 1. The molecule has 0 aliphatic rings. The second kappa shape index (κ2) is 6.55. The van der Waals surface area contributed by atoms with E-state index >= 15 is 0 Å². The van der Waals surface area contributed by atoms with Gasteiger partial charge in [0.2, 0.25) is 0 Å². The normalized spacial score (nSPS) is 11.1. The van der Waals surface area contributed by atoms with Crippen molar-refractivity contribution >= 4 is 11.6 Å². The number of hydrogen-bond donors (Lipinski definition) is 1. The molecule has 122 valence electrons. The Morgan fingerprint density at radius 1 is 1.22 bits per heavy atom. The van der Waals surface area contributed by atoms with Crippen LogP contribution in [0.4, 0.5) is 18.9 Å². The molecule has 0 fully saturated rings. The Bertz CT molecular complexity index is 752. The average Bonchev–Trinajstić information content (AvgIpc) is 2.48. The fourth-order valence-corrected chi connectivity index (χ4v) is 1.69. The SMILES string of the molecule is Cn1ccc(C(=O)Nc2ccc(OCC(F)(F)F)cc2)cc1=O. The van der Waals surface area contributed by atoms with Gasteiger partial charge >= 0.3 is 6.18 Å². The lowest BCUT2D eigenvalue weighted by atomic mass is 10.2. The number of carbonyl (C=O) groups excluding carboxylic acids is 1. The summed E-state index contributed by atoms with van der Waals surface area (Å²) in [6.07, 6.45) is -2.95. The van der Waals surface area contributed by atoms with Crippen molar-refractivity contribution in [2.75, 3.05) is 11.9 Å². The van der Waals surface area contributed by atoms with Crippen LogP contribution in [0.5, 0.6) is 5.75 Å². The summed E-state index contributed by atoms with van der Waals surface area (Å²) in [5.74, 6) is -0.458. The van der Waals surface area contributed by atoms with E-state index in [9.17, 15) is 22.8 Å². The van der Waals surface area contributed by atoms with Gasteiger partial charge in [0.05, 0.1) is 0 Å². The Kier molecular flexibility index (Phi) is 4.73. The highest BCUT2D eigenvalue weighted by molar-refractivity contribution is 6.04. The smallest absolute Gasteiger partial charge is 0.422 e. The lowest BCUT2D eigenvalue weighted by Gasteiger charge is -2.10. The van der Waals surface area contributed by atoms with Crippen LogP contribution in [0.2, 0.25) is 0 Å². The first kappa shape index (κ1) is 16.6. The zero-order chi connectivity index (χ0) is 17.0. The molecular weight excluding hydrogens is 313 g/mol. The first-order valence-corrected chi connectivity index (χ1v) is 6.52. The van der Waals surface area contributed by atoms with Crippen LogP contribution in [0.15, 0.2) is 47.4 Å². The maximum absolute atomic E-state index is 12.0. The largest absolute Gasteiger partial charge is 0.484 e. The van der Waals surface area contributed by atoms with E-state index in [0.717, 1.165) is 0 Å². The molecule has 0 spiro atoms. The number of nitrogens with one attached hydrogen (secondary N) is 1. The Morgan fingerprint density at radius 2 is 1.87 bits per heavy atom. The van der Waals surface area contributed by atoms with E-state index in [1.54, 1.807) is 7.05 Å². The molecule has 0 saturated heterocycles. The van der Waals surface area contributed by atoms with Gasteiger partial charge in [0.15, 0.2) is 6.61 Å². The summed E-state index contributed by atoms with van der Waals surface area (Å²) in [5, 5.41) is 2.54.